The zero-order chi connectivity index (χ0) is 14.0. The topological polar surface area (TPSA) is 35.2 Å². The van der Waals surface area contributed by atoms with Crippen LogP contribution in [0.4, 0.5) is 4.39 Å². The maximum Gasteiger partial charge on any atom is 0.166 e. The van der Waals surface area contributed by atoms with Gasteiger partial charge in [-0.15, -0.1) is 0 Å². The third-order valence-electron chi connectivity index (χ3n) is 2.58. The molecule has 19 heavy (non-hydrogen) atoms. The minimum atomic E-state index is -0.443. The van der Waals surface area contributed by atoms with Crippen molar-refractivity contribution in [3.05, 3.63) is 57.3 Å². The van der Waals surface area contributed by atoms with Gasteiger partial charge in [0.2, 0.25) is 0 Å². The van der Waals surface area contributed by atoms with Crippen LogP contribution in [0.25, 0.3) is 0 Å². The van der Waals surface area contributed by atoms with Gasteiger partial charge in [-0.2, -0.15) is 0 Å². The van der Waals surface area contributed by atoms with Crippen molar-refractivity contribution in [1.29, 1.82) is 0 Å². The van der Waals surface area contributed by atoms with Crippen molar-refractivity contribution in [3.63, 3.8) is 0 Å². The summed E-state index contributed by atoms with van der Waals surface area (Å²) < 4.78 is 19.8. The molecule has 0 radical (unpaired) electrons. The second-order valence-electron chi connectivity index (χ2n) is 4.15. The Morgan fingerprint density at radius 1 is 1.26 bits per heavy atom. The molecule has 2 N–H and O–H groups in total. The molecule has 0 aliphatic rings. The molecule has 0 aliphatic heterocycles. The van der Waals surface area contributed by atoms with Crippen LogP contribution in [-0.4, -0.2) is 0 Å². The molecule has 0 amide bonds. The molecule has 0 heterocycles. The van der Waals surface area contributed by atoms with Crippen LogP contribution in [0.5, 0.6) is 11.5 Å². The molecule has 0 saturated heterocycles. The molecule has 0 saturated carbocycles. The van der Waals surface area contributed by atoms with Crippen molar-refractivity contribution in [1.82, 2.24) is 0 Å². The van der Waals surface area contributed by atoms with E-state index in [-0.39, 0.29) is 11.8 Å². The van der Waals surface area contributed by atoms with Crippen LogP contribution in [0.1, 0.15) is 18.5 Å². The van der Waals surface area contributed by atoms with Crippen molar-refractivity contribution in [2.24, 2.45) is 5.73 Å². The first kappa shape index (κ1) is 14.3. The Hall–Kier alpha value is -1.10. The molecule has 5 heteroatoms. The van der Waals surface area contributed by atoms with E-state index in [2.05, 4.69) is 15.9 Å². The molecule has 0 spiro atoms. The Morgan fingerprint density at radius 3 is 2.58 bits per heavy atom. The van der Waals surface area contributed by atoms with E-state index in [0.717, 1.165) is 5.56 Å². The van der Waals surface area contributed by atoms with Crippen molar-refractivity contribution < 1.29 is 9.13 Å². The van der Waals surface area contributed by atoms with Gasteiger partial charge < -0.3 is 10.5 Å². The van der Waals surface area contributed by atoms with E-state index in [1.165, 1.54) is 6.07 Å². The Labute approximate surface area is 124 Å². The Morgan fingerprint density at radius 2 is 2.00 bits per heavy atom. The number of hydrogen-bond donors (Lipinski definition) is 1. The fraction of sp³-hybridized carbons (Fsp3) is 0.143. The summed E-state index contributed by atoms with van der Waals surface area (Å²) in [7, 11) is 0. The van der Waals surface area contributed by atoms with Crippen LogP contribution in [0.2, 0.25) is 5.02 Å². The third-order valence-corrected chi connectivity index (χ3v) is 3.40. The lowest BCUT2D eigenvalue weighted by atomic mass is 10.1. The lowest BCUT2D eigenvalue weighted by molar-refractivity contribution is 0.442. The Bertz CT molecular complexity index is 604. The van der Waals surface area contributed by atoms with Gasteiger partial charge in [0.15, 0.2) is 11.6 Å². The summed E-state index contributed by atoms with van der Waals surface area (Å²) in [5.41, 5.74) is 6.59. The largest absolute Gasteiger partial charge is 0.454 e. The van der Waals surface area contributed by atoms with Gasteiger partial charge >= 0.3 is 0 Å². The second kappa shape index (κ2) is 5.90. The van der Waals surface area contributed by atoms with Gasteiger partial charge in [0, 0.05) is 15.5 Å². The molecule has 0 fully saturated rings. The fourth-order valence-corrected chi connectivity index (χ4v) is 2.30. The molecule has 2 aromatic rings. The molecule has 0 aromatic heterocycles. The minimum Gasteiger partial charge on any atom is -0.454 e. The summed E-state index contributed by atoms with van der Waals surface area (Å²) >= 11 is 9.28. The molecule has 2 rings (SSSR count). The van der Waals surface area contributed by atoms with Gasteiger partial charge in [-0.05, 0) is 42.8 Å². The quantitative estimate of drug-likeness (QED) is 0.845. The van der Waals surface area contributed by atoms with Crippen LogP contribution < -0.4 is 10.5 Å². The highest BCUT2D eigenvalue weighted by Gasteiger charge is 2.09. The maximum absolute atomic E-state index is 13.6. The van der Waals surface area contributed by atoms with Crippen molar-refractivity contribution in [2.45, 2.75) is 13.0 Å². The number of nitrogens with two attached hydrogens (primary N) is 1. The Balaban J connectivity index is 2.26. The lowest BCUT2D eigenvalue weighted by Gasteiger charge is -2.11. The number of ether oxygens (including phenoxy) is 1. The zero-order valence-corrected chi connectivity index (χ0v) is 12.5. The average Bonchev–Trinajstić information content (AvgIpc) is 2.32. The normalized spacial score (nSPS) is 12.3. The molecule has 2 aromatic carbocycles. The number of benzene rings is 2. The maximum atomic E-state index is 13.6. The summed E-state index contributed by atoms with van der Waals surface area (Å²) in [5.74, 6) is 0.171. The van der Waals surface area contributed by atoms with Gasteiger partial charge in [0.25, 0.3) is 0 Å². The van der Waals surface area contributed by atoms with Crippen LogP contribution in [0, 0.1) is 5.82 Å². The minimum absolute atomic E-state index is 0.146. The highest BCUT2D eigenvalue weighted by Crippen LogP contribution is 2.31. The van der Waals surface area contributed by atoms with Gasteiger partial charge in [0.1, 0.15) is 5.75 Å². The highest BCUT2D eigenvalue weighted by molar-refractivity contribution is 9.10. The summed E-state index contributed by atoms with van der Waals surface area (Å²) in [6.45, 7) is 1.84. The summed E-state index contributed by atoms with van der Waals surface area (Å²) in [5, 5.41) is 0.505. The van der Waals surface area contributed by atoms with E-state index in [1.54, 1.807) is 30.3 Å². The molecule has 0 bridgehead atoms. The van der Waals surface area contributed by atoms with E-state index in [0.29, 0.717) is 15.2 Å². The van der Waals surface area contributed by atoms with Crippen molar-refractivity contribution in [3.8, 4) is 11.5 Å². The van der Waals surface area contributed by atoms with Gasteiger partial charge in [-0.1, -0.05) is 33.6 Å². The highest BCUT2D eigenvalue weighted by atomic mass is 79.9. The first-order valence-electron chi connectivity index (χ1n) is 5.65. The summed E-state index contributed by atoms with van der Waals surface area (Å²) in [4.78, 5) is 0. The second-order valence-corrected chi connectivity index (χ2v) is 5.47. The summed E-state index contributed by atoms with van der Waals surface area (Å²) in [6, 6.07) is 9.55. The average molecular weight is 345 g/mol. The first-order valence-corrected chi connectivity index (χ1v) is 6.82. The van der Waals surface area contributed by atoms with Gasteiger partial charge in [0.05, 0.1) is 0 Å². The monoisotopic (exact) mass is 343 g/mol. The smallest absolute Gasteiger partial charge is 0.166 e. The van der Waals surface area contributed by atoms with E-state index in [4.69, 9.17) is 22.1 Å². The van der Waals surface area contributed by atoms with Gasteiger partial charge in [-0.25, -0.2) is 4.39 Å². The molecule has 1 unspecified atom stereocenters. The van der Waals surface area contributed by atoms with E-state index < -0.39 is 5.82 Å². The molecule has 1 atom stereocenters. The zero-order valence-electron chi connectivity index (χ0n) is 10.2. The first-order chi connectivity index (χ1) is 8.97. The van der Waals surface area contributed by atoms with Crippen LogP contribution in [0.15, 0.2) is 40.9 Å². The summed E-state index contributed by atoms with van der Waals surface area (Å²) in [6.07, 6.45) is 0. The molecular formula is C14H12BrClFNO. The van der Waals surface area contributed by atoms with Crippen LogP contribution in [-0.2, 0) is 0 Å². The standard InChI is InChI=1S/C14H12BrClFNO/c1-8(18)11-4-3-10(7-12(11)16)19-14-5-2-9(15)6-13(14)17/h2-8H,18H2,1H3. The van der Waals surface area contributed by atoms with Crippen molar-refractivity contribution >= 4 is 27.5 Å². The SMILES string of the molecule is CC(N)c1ccc(Oc2ccc(Br)cc2F)cc1Cl. The molecule has 2 nitrogen and oxygen atoms in total. The fourth-order valence-electron chi connectivity index (χ4n) is 1.63. The third kappa shape index (κ3) is 3.47. The Kier molecular flexibility index (Phi) is 4.45. The van der Waals surface area contributed by atoms with E-state index in [1.807, 2.05) is 6.92 Å². The molecular weight excluding hydrogens is 333 g/mol. The molecule has 0 aliphatic carbocycles. The predicted molar refractivity (Wildman–Crippen MR) is 78.2 cm³/mol. The number of hydrogen-bond acceptors (Lipinski definition) is 2. The predicted octanol–water partition coefficient (Wildman–Crippen LogP) is 5.05. The van der Waals surface area contributed by atoms with Crippen molar-refractivity contribution in [2.75, 3.05) is 0 Å². The number of rotatable bonds is 3. The van der Waals surface area contributed by atoms with Crippen LogP contribution in [0.3, 0.4) is 0 Å². The number of halogens is 3. The van der Waals surface area contributed by atoms with Crippen LogP contribution >= 0.6 is 27.5 Å². The lowest BCUT2D eigenvalue weighted by Crippen LogP contribution is -2.05. The molecule has 100 valence electrons. The van der Waals surface area contributed by atoms with E-state index in [9.17, 15) is 4.39 Å². The van der Waals surface area contributed by atoms with E-state index >= 15 is 0 Å². The van der Waals surface area contributed by atoms with Gasteiger partial charge in [-0.3, -0.25) is 0 Å².